The molecule has 0 saturated heterocycles. The highest BCUT2D eigenvalue weighted by Gasteiger charge is 2.61. The van der Waals surface area contributed by atoms with Gasteiger partial charge >= 0.3 is 5.97 Å². The van der Waals surface area contributed by atoms with Crippen LogP contribution in [-0.2, 0) is 9.53 Å². The van der Waals surface area contributed by atoms with Crippen LogP contribution < -0.4 is 0 Å². The number of esters is 1. The molecule has 0 amide bonds. The first-order valence-corrected chi connectivity index (χ1v) is 6.48. The summed E-state index contributed by atoms with van der Waals surface area (Å²) < 4.78 is 5.67. The Morgan fingerprint density at radius 3 is 2.31 bits per heavy atom. The molecule has 16 heavy (non-hydrogen) atoms. The first-order chi connectivity index (χ1) is 7.28. The highest BCUT2D eigenvalue weighted by Crippen LogP contribution is 2.66. The molecule has 0 aromatic heterocycles. The summed E-state index contributed by atoms with van der Waals surface area (Å²) in [5.41, 5.74) is 0.703. The summed E-state index contributed by atoms with van der Waals surface area (Å²) in [7, 11) is 0. The third kappa shape index (κ3) is 1.49. The molecule has 0 aromatic carbocycles. The topological polar surface area (TPSA) is 26.3 Å². The number of hydrogen-bond acceptors (Lipinski definition) is 2. The average Bonchev–Trinajstić information content (AvgIpc) is 2.47. The Labute approximate surface area is 98.7 Å². The first kappa shape index (κ1) is 11.9. The maximum Gasteiger partial charge on any atom is 0.308 e. The van der Waals surface area contributed by atoms with Crippen LogP contribution >= 0.6 is 0 Å². The number of carbonyl (C=O) groups is 1. The molecular formula is C14H24O2. The fraction of sp³-hybridized carbons (Fsp3) is 0.929. The third-order valence-corrected chi connectivity index (χ3v) is 5.33. The molecule has 2 bridgehead atoms. The van der Waals surface area contributed by atoms with E-state index in [1.54, 1.807) is 0 Å². The van der Waals surface area contributed by atoms with Gasteiger partial charge in [0.1, 0.15) is 6.10 Å². The van der Waals surface area contributed by atoms with E-state index in [-0.39, 0.29) is 18.0 Å². The second-order valence-electron chi connectivity index (χ2n) is 6.76. The number of carbonyl (C=O) groups excluding carboxylic acids is 1. The number of fused-ring (bicyclic) bond motifs is 2. The van der Waals surface area contributed by atoms with E-state index in [1.807, 2.05) is 13.8 Å². The van der Waals surface area contributed by atoms with E-state index in [0.29, 0.717) is 16.7 Å². The third-order valence-electron chi connectivity index (χ3n) is 5.33. The van der Waals surface area contributed by atoms with Crippen molar-refractivity contribution in [2.45, 2.75) is 60.0 Å². The highest BCUT2D eigenvalue weighted by molar-refractivity contribution is 5.71. The Morgan fingerprint density at radius 2 is 1.94 bits per heavy atom. The number of hydrogen-bond donors (Lipinski definition) is 0. The van der Waals surface area contributed by atoms with Crippen molar-refractivity contribution in [1.82, 2.24) is 0 Å². The monoisotopic (exact) mass is 224 g/mol. The zero-order chi connectivity index (χ0) is 12.1. The molecule has 0 aliphatic heterocycles. The van der Waals surface area contributed by atoms with E-state index in [9.17, 15) is 4.79 Å². The molecule has 0 heterocycles. The van der Waals surface area contributed by atoms with Crippen LogP contribution in [0.4, 0.5) is 0 Å². The Hall–Kier alpha value is -0.530. The predicted molar refractivity (Wildman–Crippen MR) is 63.9 cm³/mol. The van der Waals surface area contributed by atoms with Crippen molar-refractivity contribution in [3.8, 4) is 0 Å². The molecule has 2 aliphatic rings. The van der Waals surface area contributed by atoms with Crippen LogP contribution in [-0.4, -0.2) is 12.1 Å². The predicted octanol–water partition coefficient (Wildman–Crippen LogP) is 3.40. The van der Waals surface area contributed by atoms with Crippen molar-refractivity contribution in [3.05, 3.63) is 0 Å². The summed E-state index contributed by atoms with van der Waals surface area (Å²) in [5.74, 6) is 0.534. The summed E-state index contributed by atoms with van der Waals surface area (Å²) in [5, 5.41) is 0. The van der Waals surface area contributed by atoms with Gasteiger partial charge in [-0.2, -0.15) is 0 Å². The standard InChI is InChI=1S/C14H24O2/c1-9(2)12(15)16-11-8-14(5)7-6-10(11)13(14,3)4/h9-11H,6-8H2,1-5H3. The summed E-state index contributed by atoms with van der Waals surface area (Å²) in [6.07, 6.45) is 3.74. The van der Waals surface area contributed by atoms with Gasteiger partial charge in [-0.15, -0.1) is 0 Å². The Balaban J connectivity index is 2.09. The van der Waals surface area contributed by atoms with Crippen molar-refractivity contribution in [2.75, 3.05) is 0 Å². The summed E-state index contributed by atoms with van der Waals surface area (Å²) in [6, 6.07) is 0. The fourth-order valence-electron chi connectivity index (χ4n) is 3.62. The molecule has 0 spiro atoms. The zero-order valence-corrected chi connectivity index (χ0v) is 11.2. The van der Waals surface area contributed by atoms with Crippen LogP contribution in [0.3, 0.4) is 0 Å². The highest BCUT2D eigenvalue weighted by atomic mass is 16.5. The summed E-state index contributed by atoms with van der Waals surface area (Å²) in [6.45, 7) is 10.8. The molecule has 0 radical (unpaired) electrons. The SMILES string of the molecule is CC(C)C(=O)OC1CC2(C)CCC1C2(C)C. The minimum absolute atomic E-state index is 0.00459. The number of rotatable bonds is 2. The zero-order valence-electron chi connectivity index (χ0n) is 11.2. The molecule has 2 aliphatic carbocycles. The lowest BCUT2D eigenvalue weighted by Gasteiger charge is -2.33. The Bertz CT molecular complexity index is 303. The Kier molecular flexibility index (Phi) is 2.60. The van der Waals surface area contributed by atoms with E-state index < -0.39 is 0 Å². The second-order valence-corrected chi connectivity index (χ2v) is 6.76. The molecule has 92 valence electrons. The average molecular weight is 224 g/mol. The van der Waals surface area contributed by atoms with Crippen LogP contribution in [0.1, 0.15) is 53.9 Å². The maximum atomic E-state index is 11.7. The molecule has 2 nitrogen and oxygen atoms in total. The van der Waals surface area contributed by atoms with Crippen molar-refractivity contribution < 1.29 is 9.53 Å². The molecule has 2 heteroatoms. The minimum atomic E-state index is -0.0306. The molecular weight excluding hydrogens is 200 g/mol. The van der Waals surface area contributed by atoms with Gasteiger partial charge in [0.2, 0.25) is 0 Å². The van der Waals surface area contributed by atoms with E-state index in [2.05, 4.69) is 20.8 Å². The molecule has 0 aromatic rings. The fourth-order valence-corrected chi connectivity index (χ4v) is 3.62. The lowest BCUT2D eigenvalue weighted by atomic mass is 9.71. The van der Waals surface area contributed by atoms with Gasteiger partial charge in [-0.05, 0) is 30.1 Å². The van der Waals surface area contributed by atoms with Crippen molar-refractivity contribution >= 4 is 5.97 Å². The smallest absolute Gasteiger partial charge is 0.308 e. The first-order valence-electron chi connectivity index (χ1n) is 6.48. The second kappa shape index (κ2) is 3.48. The lowest BCUT2D eigenvalue weighted by Crippen LogP contribution is -2.29. The molecule has 2 rings (SSSR count). The van der Waals surface area contributed by atoms with Gasteiger partial charge in [-0.25, -0.2) is 0 Å². The van der Waals surface area contributed by atoms with Gasteiger partial charge in [0.05, 0.1) is 5.92 Å². The Morgan fingerprint density at radius 1 is 1.31 bits per heavy atom. The lowest BCUT2D eigenvalue weighted by molar-refractivity contribution is -0.156. The van der Waals surface area contributed by atoms with Crippen molar-refractivity contribution in [3.63, 3.8) is 0 Å². The maximum absolute atomic E-state index is 11.7. The van der Waals surface area contributed by atoms with Crippen molar-refractivity contribution in [1.29, 1.82) is 0 Å². The molecule has 3 atom stereocenters. The summed E-state index contributed by atoms with van der Waals surface area (Å²) >= 11 is 0. The van der Waals surface area contributed by atoms with E-state index in [0.717, 1.165) is 6.42 Å². The van der Waals surface area contributed by atoms with Crippen LogP contribution in [0.15, 0.2) is 0 Å². The van der Waals surface area contributed by atoms with E-state index in [1.165, 1.54) is 12.8 Å². The van der Waals surface area contributed by atoms with Gasteiger partial charge in [0.25, 0.3) is 0 Å². The van der Waals surface area contributed by atoms with Gasteiger partial charge < -0.3 is 4.74 Å². The molecule has 2 saturated carbocycles. The van der Waals surface area contributed by atoms with E-state index in [4.69, 9.17) is 4.74 Å². The summed E-state index contributed by atoms with van der Waals surface area (Å²) in [4.78, 5) is 11.7. The van der Waals surface area contributed by atoms with Gasteiger partial charge in [-0.3, -0.25) is 4.79 Å². The van der Waals surface area contributed by atoms with Crippen molar-refractivity contribution in [2.24, 2.45) is 22.7 Å². The van der Waals surface area contributed by atoms with Gasteiger partial charge in [0, 0.05) is 5.92 Å². The van der Waals surface area contributed by atoms with Crippen LogP contribution in [0.25, 0.3) is 0 Å². The van der Waals surface area contributed by atoms with Crippen LogP contribution in [0.2, 0.25) is 0 Å². The molecule has 3 unspecified atom stereocenters. The number of ether oxygens (including phenoxy) is 1. The van der Waals surface area contributed by atoms with Crippen LogP contribution in [0, 0.1) is 22.7 Å². The quantitative estimate of drug-likeness (QED) is 0.672. The minimum Gasteiger partial charge on any atom is -0.462 e. The molecule has 2 fully saturated rings. The van der Waals surface area contributed by atoms with Gasteiger partial charge in [0.15, 0.2) is 0 Å². The molecule has 0 N–H and O–H groups in total. The van der Waals surface area contributed by atoms with Gasteiger partial charge in [-0.1, -0.05) is 34.6 Å². The van der Waals surface area contributed by atoms with Crippen LogP contribution in [0.5, 0.6) is 0 Å². The van der Waals surface area contributed by atoms with E-state index >= 15 is 0 Å². The largest absolute Gasteiger partial charge is 0.462 e. The normalized spacial score (nSPS) is 40.4.